The van der Waals surface area contributed by atoms with Crippen molar-refractivity contribution < 1.29 is 4.79 Å². The van der Waals surface area contributed by atoms with Crippen molar-refractivity contribution in [2.75, 3.05) is 13.1 Å². The fourth-order valence-electron chi connectivity index (χ4n) is 2.60. The Morgan fingerprint density at radius 1 is 1.25 bits per heavy atom. The van der Waals surface area contributed by atoms with Crippen LogP contribution in [0.25, 0.3) is 0 Å². The molecule has 1 aliphatic heterocycles. The first kappa shape index (κ1) is 14.6. The molecular formula is C18H23NO. The Morgan fingerprint density at radius 3 is 2.70 bits per heavy atom. The van der Waals surface area contributed by atoms with Crippen LogP contribution < -0.4 is 0 Å². The molecule has 0 saturated heterocycles. The molecule has 2 nitrogen and oxygen atoms in total. The highest BCUT2D eigenvalue weighted by Crippen LogP contribution is 2.20. The molecule has 0 spiro atoms. The summed E-state index contributed by atoms with van der Waals surface area (Å²) in [6, 6.07) is 10.5. The smallest absolute Gasteiger partial charge is 0.226 e. The first-order chi connectivity index (χ1) is 9.70. The molecule has 2 heteroatoms. The van der Waals surface area contributed by atoms with Gasteiger partial charge in [-0.2, -0.15) is 0 Å². The Kier molecular flexibility index (Phi) is 5.16. The number of amides is 1. The maximum atomic E-state index is 12.1. The van der Waals surface area contributed by atoms with Gasteiger partial charge < -0.3 is 4.90 Å². The summed E-state index contributed by atoms with van der Waals surface area (Å²) in [6.07, 6.45) is 6.82. The van der Waals surface area contributed by atoms with Gasteiger partial charge in [0.25, 0.3) is 0 Å². The molecule has 20 heavy (non-hydrogen) atoms. The number of aryl methyl sites for hydroxylation is 1. The highest BCUT2D eigenvalue weighted by molar-refractivity contribution is 5.81. The van der Waals surface area contributed by atoms with Gasteiger partial charge >= 0.3 is 0 Å². The van der Waals surface area contributed by atoms with Crippen LogP contribution in [0.2, 0.25) is 0 Å². The van der Waals surface area contributed by atoms with Crippen molar-refractivity contribution in [1.82, 2.24) is 4.90 Å². The molecule has 0 fully saturated rings. The maximum Gasteiger partial charge on any atom is 0.226 e. The summed E-state index contributed by atoms with van der Waals surface area (Å²) in [5, 5.41) is 0. The number of rotatable bonds is 5. The quantitative estimate of drug-likeness (QED) is 0.797. The zero-order valence-corrected chi connectivity index (χ0v) is 12.4. The van der Waals surface area contributed by atoms with E-state index in [1.807, 2.05) is 17.9 Å². The van der Waals surface area contributed by atoms with Crippen molar-refractivity contribution in [1.29, 1.82) is 0 Å². The van der Waals surface area contributed by atoms with Gasteiger partial charge in [0.1, 0.15) is 0 Å². The third-order valence-electron chi connectivity index (χ3n) is 3.78. The Hall–Kier alpha value is -1.83. The minimum Gasteiger partial charge on any atom is -0.338 e. The molecule has 1 amide bonds. The molecule has 0 N–H and O–H groups in total. The normalized spacial score (nSPS) is 16.3. The number of carbonyl (C=O) groups is 1. The van der Waals surface area contributed by atoms with Crippen molar-refractivity contribution in [3.05, 3.63) is 59.2 Å². The van der Waals surface area contributed by atoms with Gasteiger partial charge in [-0.1, -0.05) is 48.1 Å². The molecule has 0 aromatic heterocycles. The summed E-state index contributed by atoms with van der Waals surface area (Å²) in [5.41, 5.74) is 3.86. The average Bonchev–Trinajstić information content (AvgIpc) is 2.45. The molecule has 2 rings (SSSR count). The largest absolute Gasteiger partial charge is 0.338 e. The first-order valence-corrected chi connectivity index (χ1v) is 7.33. The third-order valence-corrected chi connectivity index (χ3v) is 3.78. The van der Waals surface area contributed by atoms with E-state index in [-0.39, 0.29) is 5.91 Å². The van der Waals surface area contributed by atoms with Gasteiger partial charge in [-0.25, -0.2) is 0 Å². The molecule has 1 heterocycles. The van der Waals surface area contributed by atoms with Crippen LogP contribution in [0.3, 0.4) is 0 Å². The lowest BCUT2D eigenvalue weighted by molar-refractivity contribution is -0.130. The maximum absolute atomic E-state index is 12.1. The standard InChI is InChI=1S/C18H23NO/c1-3-8-17-14-19(18(20)13-15(17)2)12-7-11-16-9-5-4-6-10-16/h3-6,8-10H,7,11-14H2,1-2H3/b8-3-. The van der Waals surface area contributed by atoms with Crippen molar-refractivity contribution in [2.24, 2.45) is 0 Å². The second-order valence-electron chi connectivity index (χ2n) is 5.39. The van der Waals surface area contributed by atoms with Crippen LogP contribution in [0.1, 0.15) is 32.3 Å². The van der Waals surface area contributed by atoms with Gasteiger partial charge in [-0.15, -0.1) is 0 Å². The number of hydrogen-bond acceptors (Lipinski definition) is 1. The van der Waals surface area contributed by atoms with E-state index in [1.165, 1.54) is 16.7 Å². The summed E-state index contributed by atoms with van der Waals surface area (Å²) in [5.74, 6) is 0.267. The van der Waals surface area contributed by atoms with Gasteiger partial charge in [0.05, 0.1) is 0 Å². The Morgan fingerprint density at radius 2 is 2.00 bits per heavy atom. The minimum atomic E-state index is 0.267. The lowest BCUT2D eigenvalue weighted by Gasteiger charge is -2.29. The topological polar surface area (TPSA) is 20.3 Å². The molecular weight excluding hydrogens is 246 g/mol. The van der Waals surface area contributed by atoms with Crippen LogP contribution in [0.15, 0.2) is 53.6 Å². The Bertz CT molecular complexity index is 513. The van der Waals surface area contributed by atoms with Gasteiger partial charge in [0.2, 0.25) is 5.91 Å². The zero-order chi connectivity index (χ0) is 14.4. The van der Waals surface area contributed by atoms with Crippen LogP contribution >= 0.6 is 0 Å². The summed E-state index contributed by atoms with van der Waals surface area (Å²) in [7, 11) is 0. The van der Waals surface area contributed by atoms with E-state index in [2.05, 4.69) is 43.3 Å². The van der Waals surface area contributed by atoms with Crippen LogP contribution in [-0.2, 0) is 11.2 Å². The zero-order valence-electron chi connectivity index (χ0n) is 12.4. The summed E-state index contributed by atoms with van der Waals surface area (Å²) in [6.45, 7) is 5.71. The van der Waals surface area contributed by atoms with Crippen molar-refractivity contribution in [3.8, 4) is 0 Å². The van der Waals surface area contributed by atoms with E-state index in [9.17, 15) is 4.79 Å². The number of carbonyl (C=O) groups excluding carboxylic acids is 1. The van der Waals surface area contributed by atoms with Crippen LogP contribution in [0.5, 0.6) is 0 Å². The minimum absolute atomic E-state index is 0.267. The molecule has 1 aliphatic rings. The molecule has 106 valence electrons. The Balaban J connectivity index is 1.88. The molecule has 1 aromatic rings. The van der Waals surface area contributed by atoms with E-state index >= 15 is 0 Å². The van der Waals surface area contributed by atoms with E-state index in [0.717, 1.165) is 25.9 Å². The summed E-state index contributed by atoms with van der Waals surface area (Å²) in [4.78, 5) is 14.1. The van der Waals surface area contributed by atoms with Gasteiger partial charge in [-0.05, 0) is 37.8 Å². The number of nitrogens with zero attached hydrogens (tertiary/aromatic N) is 1. The highest BCUT2D eigenvalue weighted by Gasteiger charge is 2.21. The second kappa shape index (κ2) is 7.09. The molecule has 0 bridgehead atoms. The highest BCUT2D eigenvalue weighted by atomic mass is 16.2. The fourth-order valence-corrected chi connectivity index (χ4v) is 2.60. The number of allylic oxidation sites excluding steroid dienone is 1. The van der Waals surface area contributed by atoms with Crippen LogP contribution in [0, 0.1) is 0 Å². The van der Waals surface area contributed by atoms with Gasteiger partial charge in [0.15, 0.2) is 0 Å². The lowest BCUT2D eigenvalue weighted by atomic mass is 10.00. The first-order valence-electron chi connectivity index (χ1n) is 7.33. The third kappa shape index (κ3) is 3.83. The van der Waals surface area contributed by atoms with Crippen LogP contribution in [-0.4, -0.2) is 23.9 Å². The summed E-state index contributed by atoms with van der Waals surface area (Å²) < 4.78 is 0. The predicted octanol–water partition coefficient (Wildman–Crippen LogP) is 3.74. The SMILES string of the molecule is C/C=C\C1=C(C)CC(=O)N(CCCc2ccccc2)C1. The molecule has 0 aliphatic carbocycles. The van der Waals surface area contributed by atoms with Crippen molar-refractivity contribution in [2.45, 2.75) is 33.1 Å². The van der Waals surface area contributed by atoms with Crippen molar-refractivity contribution >= 4 is 5.91 Å². The number of hydrogen-bond donors (Lipinski definition) is 0. The van der Waals surface area contributed by atoms with E-state index in [1.54, 1.807) is 0 Å². The monoisotopic (exact) mass is 269 g/mol. The predicted molar refractivity (Wildman–Crippen MR) is 83.5 cm³/mol. The lowest BCUT2D eigenvalue weighted by Crippen LogP contribution is -2.37. The molecule has 0 unspecified atom stereocenters. The molecule has 0 saturated carbocycles. The van der Waals surface area contributed by atoms with E-state index in [0.29, 0.717) is 6.42 Å². The van der Waals surface area contributed by atoms with Crippen LogP contribution in [0.4, 0.5) is 0 Å². The average molecular weight is 269 g/mol. The van der Waals surface area contributed by atoms with Gasteiger partial charge in [0, 0.05) is 19.5 Å². The fraction of sp³-hybridized carbons (Fsp3) is 0.389. The molecule has 0 radical (unpaired) electrons. The van der Waals surface area contributed by atoms with Gasteiger partial charge in [-0.3, -0.25) is 4.79 Å². The van der Waals surface area contributed by atoms with Crippen molar-refractivity contribution in [3.63, 3.8) is 0 Å². The van der Waals surface area contributed by atoms with E-state index in [4.69, 9.17) is 0 Å². The molecule has 0 atom stereocenters. The summed E-state index contributed by atoms with van der Waals surface area (Å²) >= 11 is 0. The second-order valence-corrected chi connectivity index (χ2v) is 5.39. The number of benzene rings is 1. The van der Waals surface area contributed by atoms with E-state index < -0.39 is 0 Å². The Labute approximate surface area is 121 Å². The molecule has 1 aromatic carbocycles.